The van der Waals surface area contributed by atoms with Crippen LogP contribution in [0.2, 0.25) is 0 Å². The van der Waals surface area contributed by atoms with Crippen LogP contribution in [-0.4, -0.2) is 34.7 Å². The maximum absolute atomic E-state index is 12.0. The first-order valence-electron chi connectivity index (χ1n) is 5.03. The zero-order valence-electron chi connectivity index (χ0n) is 8.61. The van der Waals surface area contributed by atoms with Crippen molar-refractivity contribution in [1.82, 2.24) is 9.80 Å². The van der Waals surface area contributed by atoms with Crippen LogP contribution in [0, 0.1) is 5.41 Å². The molecule has 0 N–H and O–H groups in total. The SMILES string of the molecule is C=CN1CCC2(CCN(C=C)C2=O)C1=O. The lowest BCUT2D eigenvalue weighted by molar-refractivity contribution is -0.144. The molecule has 0 unspecified atom stereocenters. The first kappa shape index (κ1) is 9.96. The molecular formula is C11H14N2O2. The third-order valence-corrected chi connectivity index (χ3v) is 3.34. The van der Waals surface area contributed by atoms with Gasteiger partial charge in [-0.05, 0) is 25.2 Å². The number of hydrogen-bond acceptors (Lipinski definition) is 2. The van der Waals surface area contributed by atoms with E-state index in [0.717, 1.165) is 0 Å². The van der Waals surface area contributed by atoms with Crippen LogP contribution in [0.5, 0.6) is 0 Å². The van der Waals surface area contributed by atoms with Gasteiger partial charge in [0.25, 0.3) is 0 Å². The van der Waals surface area contributed by atoms with Gasteiger partial charge < -0.3 is 9.80 Å². The van der Waals surface area contributed by atoms with Crippen molar-refractivity contribution in [2.75, 3.05) is 13.1 Å². The Kier molecular flexibility index (Phi) is 2.14. The Balaban J connectivity index is 2.30. The van der Waals surface area contributed by atoms with Gasteiger partial charge in [0.15, 0.2) is 0 Å². The lowest BCUT2D eigenvalue weighted by Crippen LogP contribution is -2.38. The van der Waals surface area contributed by atoms with Crippen LogP contribution in [0.4, 0.5) is 0 Å². The number of nitrogens with zero attached hydrogens (tertiary/aromatic N) is 2. The lowest BCUT2D eigenvalue weighted by atomic mass is 9.85. The van der Waals surface area contributed by atoms with Gasteiger partial charge in [0, 0.05) is 13.1 Å². The summed E-state index contributed by atoms with van der Waals surface area (Å²) >= 11 is 0. The molecule has 0 radical (unpaired) electrons. The molecule has 0 atom stereocenters. The van der Waals surface area contributed by atoms with E-state index in [1.165, 1.54) is 22.2 Å². The molecule has 2 aliphatic rings. The fourth-order valence-electron chi connectivity index (χ4n) is 2.37. The molecule has 4 nitrogen and oxygen atoms in total. The van der Waals surface area contributed by atoms with Crippen LogP contribution in [0.15, 0.2) is 25.6 Å². The molecule has 4 heteroatoms. The summed E-state index contributed by atoms with van der Waals surface area (Å²) in [5, 5.41) is 0. The lowest BCUT2D eigenvalue weighted by Gasteiger charge is -2.19. The van der Waals surface area contributed by atoms with Crippen LogP contribution < -0.4 is 0 Å². The summed E-state index contributed by atoms with van der Waals surface area (Å²) < 4.78 is 0. The molecule has 2 aliphatic heterocycles. The Bertz CT molecular complexity index is 314. The van der Waals surface area contributed by atoms with E-state index in [0.29, 0.717) is 25.9 Å². The Morgan fingerprint density at radius 2 is 1.40 bits per heavy atom. The molecule has 2 amide bonds. The maximum Gasteiger partial charge on any atom is 0.242 e. The molecule has 2 heterocycles. The molecule has 2 rings (SSSR count). The smallest absolute Gasteiger partial charge is 0.242 e. The largest absolute Gasteiger partial charge is 0.319 e. The Morgan fingerprint density at radius 3 is 1.67 bits per heavy atom. The highest BCUT2D eigenvalue weighted by Crippen LogP contribution is 2.41. The van der Waals surface area contributed by atoms with Gasteiger partial charge in [-0.25, -0.2) is 0 Å². The summed E-state index contributed by atoms with van der Waals surface area (Å²) in [4.78, 5) is 27.1. The van der Waals surface area contributed by atoms with Crippen molar-refractivity contribution in [3.05, 3.63) is 25.6 Å². The Hall–Kier alpha value is -1.58. The van der Waals surface area contributed by atoms with E-state index in [-0.39, 0.29) is 11.8 Å². The van der Waals surface area contributed by atoms with Crippen LogP contribution in [-0.2, 0) is 9.59 Å². The number of rotatable bonds is 2. The fraction of sp³-hybridized carbons (Fsp3) is 0.455. The first-order valence-corrected chi connectivity index (χ1v) is 5.03. The molecule has 80 valence electrons. The minimum Gasteiger partial charge on any atom is -0.319 e. The molecule has 0 saturated carbocycles. The molecule has 0 bridgehead atoms. The summed E-state index contributed by atoms with van der Waals surface area (Å²) in [5.41, 5.74) is -0.817. The van der Waals surface area contributed by atoms with Crippen molar-refractivity contribution >= 4 is 11.8 Å². The molecule has 2 fully saturated rings. The first-order chi connectivity index (χ1) is 7.15. The fourth-order valence-corrected chi connectivity index (χ4v) is 2.37. The van der Waals surface area contributed by atoms with E-state index < -0.39 is 5.41 Å². The molecular weight excluding hydrogens is 192 g/mol. The van der Waals surface area contributed by atoms with Gasteiger partial charge in [-0.3, -0.25) is 9.59 Å². The highest BCUT2D eigenvalue weighted by Gasteiger charge is 2.56. The van der Waals surface area contributed by atoms with Gasteiger partial charge in [0.2, 0.25) is 11.8 Å². The number of carbonyl (C=O) groups is 2. The van der Waals surface area contributed by atoms with E-state index >= 15 is 0 Å². The molecule has 0 aromatic carbocycles. The van der Waals surface area contributed by atoms with Crippen LogP contribution in [0.1, 0.15) is 12.8 Å². The van der Waals surface area contributed by atoms with Crippen LogP contribution in [0.3, 0.4) is 0 Å². The molecule has 0 aliphatic carbocycles. The normalized spacial score (nSPS) is 24.0. The monoisotopic (exact) mass is 206 g/mol. The Morgan fingerprint density at radius 1 is 1.00 bits per heavy atom. The van der Waals surface area contributed by atoms with E-state index in [2.05, 4.69) is 13.2 Å². The van der Waals surface area contributed by atoms with Gasteiger partial charge in [0.1, 0.15) is 5.41 Å². The molecule has 1 spiro atoms. The van der Waals surface area contributed by atoms with Crippen molar-refractivity contribution in [1.29, 1.82) is 0 Å². The molecule has 0 aromatic heterocycles. The van der Waals surface area contributed by atoms with Crippen molar-refractivity contribution in [2.24, 2.45) is 5.41 Å². The second kappa shape index (κ2) is 3.22. The van der Waals surface area contributed by atoms with Crippen molar-refractivity contribution in [2.45, 2.75) is 12.8 Å². The third kappa shape index (κ3) is 1.14. The minimum absolute atomic E-state index is 0.105. The zero-order chi connectivity index (χ0) is 11.1. The second-order valence-corrected chi connectivity index (χ2v) is 3.94. The summed E-state index contributed by atoms with van der Waals surface area (Å²) in [6.45, 7) is 8.34. The molecule has 2 saturated heterocycles. The molecule has 0 aromatic rings. The van der Waals surface area contributed by atoms with E-state index in [4.69, 9.17) is 0 Å². The number of amides is 2. The van der Waals surface area contributed by atoms with Gasteiger partial charge in [-0.15, -0.1) is 0 Å². The average Bonchev–Trinajstić information content (AvgIpc) is 2.73. The third-order valence-electron chi connectivity index (χ3n) is 3.34. The topological polar surface area (TPSA) is 40.6 Å². The standard InChI is InChI=1S/C11H14N2O2/c1-3-12-7-5-11(9(12)14)6-8-13(4-2)10(11)15/h3-4H,1-2,5-8H2. The summed E-state index contributed by atoms with van der Waals surface area (Å²) in [6, 6.07) is 0. The van der Waals surface area contributed by atoms with Crippen molar-refractivity contribution in [3.63, 3.8) is 0 Å². The van der Waals surface area contributed by atoms with E-state index in [1.807, 2.05) is 0 Å². The summed E-state index contributed by atoms with van der Waals surface area (Å²) in [7, 11) is 0. The number of likely N-dealkylation sites (tertiary alicyclic amines) is 2. The van der Waals surface area contributed by atoms with Gasteiger partial charge in [-0.2, -0.15) is 0 Å². The predicted molar refractivity (Wildman–Crippen MR) is 55.5 cm³/mol. The second-order valence-electron chi connectivity index (χ2n) is 3.94. The number of hydrogen-bond donors (Lipinski definition) is 0. The Labute approximate surface area is 88.8 Å². The zero-order valence-corrected chi connectivity index (χ0v) is 8.61. The van der Waals surface area contributed by atoms with Gasteiger partial charge >= 0.3 is 0 Å². The van der Waals surface area contributed by atoms with Gasteiger partial charge in [-0.1, -0.05) is 13.2 Å². The summed E-state index contributed by atoms with van der Waals surface area (Å²) in [5.74, 6) is -0.210. The van der Waals surface area contributed by atoms with Crippen molar-refractivity contribution < 1.29 is 9.59 Å². The minimum atomic E-state index is -0.817. The highest BCUT2D eigenvalue weighted by molar-refractivity contribution is 6.08. The van der Waals surface area contributed by atoms with Crippen LogP contribution in [0.25, 0.3) is 0 Å². The quantitative estimate of drug-likeness (QED) is 0.625. The highest BCUT2D eigenvalue weighted by atomic mass is 16.2. The van der Waals surface area contributed by atoms with Crippen molar-refractivity contribution in [3.8, 4) is 0 Å². The summed E-state index contributed by atoms with van der Waals surface area (Å²) in [6.07, 6.45) is 4.20. The van der Waals surface area contributed by atoms with Gasteiger partial charge in [0.05, 0.1) is 0 Å². The van der Waals surface area contributed by atoms with E-state index in [9.17, 15) is 9.59 Å². The predicted octanol–water partition coefficient (Wildman–Crippen LogP) is 0.724. The average molecular weight is 206 g/mol. The maximum atomic E-state index is 12.0. The molecule has 15 heavy (non-hydrogen) atoms. The van der Waals surface area contributed by atoms with E-state index in [1.54, 1.807) is 0 Å². The van der Waals surface area contributed by atoms with Crippen LogP contribution >= 0.6 is 0 Å². The number of carbonyl (C=O) groups excluding carboxylic acids is 2.